The highest BCUT2D eigenvalue weighted by Gasteiger charge is 2.21. The van der Waals surface area contributed by atoms with E-state index in [1.165, 1.54) is 13.2 Å². The molecule has 1 heterocycles. The number of furan rings is 1. The second kappa shape index (κ2) is 9.26. The summed E-state index contributed by atoms with van der Waals surface area (Å²) in [5.41, 5.74) is 4.47. The van der Waals surface area contributed by atoms with Crippen molar-refractivity contribution < 1.29 is 23.5 Å². The van der Waals surface area contributed by atoms with E-state index in [1.807, 2.05) is 56.3 Å². The fourth-order valence-corrected chi connectivity index (χ4v) is 2.96. The quantitative estimate of drug-likeness (QED) is 0.608. The summed E-state index contributed by atoms with van der Waals surface area (Å²) in [4.78, 5) is 36.3. The third-order valence-electron chi connectivity index (χ3n) is 4.81. The third kappa shape index (κ3) is 5.26. The van der Waals surface area contributed by atoms with Crippen LogP contribution in [0.15, 0.2) is 53.1 Å². The zero-order valence-electron chi connectivity index (χ0n) is 17.2. The summed E-state index contributed by atoms with van der Waals surface area (Å²) >= 11 is 0. The van der Waals surface area contributed by atoms with Gasteiger partial charge in [0.2, 0.25) is 0 Å². The van der Waals surface area contributed by atoms with Crippen molar-refractivity contribution in [3.63, 3.8) is 0 Å². The van der Waals surface area contributed by atoms with Crippen LogP contribution in [0.3, 0.4) is 0 Å². The Morgan fingerprint density at radius 3 is 2.50 bits per heavy atom. The molecule has 2 aromatic carbocycles. The molecule has 0 aliphatic carbocycles. The van der Waals surface area contributed by atoms with Crippen LogP contribution in [0.5, 0.6) is 0 Å². The second-order valence-corrected chi connectivity index (χ2v) is 7.16. The van der Waals surface area contributed by atoms with Gasteiger partial charge < -0.3 is 14.5 Å². The molecule has 1 aromatic heterocycles. The first-order chi connectivity index (χ1) is 14.3. The standard InChI is InChI=1S/C23H24N2O5/c1-14-9-19-18(13-29-20(19)10-15(14)2)11-21(26)30-16(3)22(27)25-23(28)24-12-17-7-5-4-6-8-17/h4-10,13,16H,11-12H2,1-3H3,(H2,24,25,27,28)/t16-/m1/s1. The Kier molecular flexibility index (Phi) is 6.51. The maximum atomic E-state index is 12.3. The Bertz CT molecular complexity index is 1070. The van der Waals surface area contributed by atoms with Crippen LogP contribution < -0.4 is 10.6 Å². The zero-order valence-corrected chi connectivity index (χ0v) is 17.2. The number of hydrogen-bond donors (Lipinski definition) is 2. The molecule has 156 valence electrons. The number of amides is 3. The summed E-state index contributed by atoms with van der Waals surface area (Å²) in [5.74, 6) is -1.28. The van der Waals surface area contributed by atoms with Gasteiger partial charge in [0, 0.05) is 17.5 Å². The SMILES string of the molecule is Cc1cc2occ(CC(=O)O[C@H](C)C(=O)NC(=O)NCc3ccccc3)c2cc1C. The highest BCUT2D eigenvalue weighted by atomic mass is 16.5. The molecule has 0 saturated carbocycles. The van der Waals surface area contributed by atoms with Gasteiger partial charge >= 0.3 is 12.0 Å². The van der Waals surface area contributed by atoms with Gasteiger partial charge in [-0.3, -0.25) is 14.9 Å². The lowest BCUT2D eigenvalue weighted by atomic mass is 10.0. The molecule has 0 aliphatic heterocycles. The van der Waals surface area contributed by atoms with Crippen LogP contribution in [0.25, 0.3) is 11.0 Å². The summed E-state index contributed by atoms with van der Waals surface area (Å²) < 4.78 is 10.7. The largest absolute Gasteiger partial charge is 0.464 e. The molecule has 0 unspecified atom stereocenters. The molecule has 30 heavy (non-hydrogen) atoms. The molecule has 3 amide bonds. The first kappa shape index (κ1) is 21.1. The van der Waals surface area contributed by atoms with Gasteiger partial charge in [0.1, 0.15) is 5.58 Å². The number of ether oxygens (including phenoxy) is 1. The van der Waals surface area contributed by atoms with E-state index in [0.29, 0.717) is 11.1 Å². The van der Waals surface area contributed by atoms with E-state index in [9.17, 15) is 14.4 Å². The maximum Gasteiger partial charge on any atom is 0.321 e. The molecular weight excluding hydrogens is 384 g/mol. The topological polar surface area (TPSA) is 97.6 Å². The van der Waals surface area contributed by atoms with Crippen molar-refractivity contribution in [1.29, 1.82) is 0 Å². The van der Waals surface area contributed by atoms with Crippen LogP contribution in [-0.2, 0) is 27.3 Å². The van der Waals surface area contributed by atoms with E-state index in [1.54, 1.807) is 0 Å². The Morgan fingerprint density at radius 1 is 1.07 bits per heavy atom. The number of benzene rings is 2. The van der Waals surface area contributed by atoms with Gasteiger partial charge in [-0.05, 0) is 49.6 Å². The van der Waals surface area contributed by atoms with Gasteiger partial charge in [0.05, 0.1) is 12.7 Å². The number of rotatable bonds is 6. The van der Waals surface area contributed by atoms with Gasteiger partial charge in [0.25, 0.3) is 5.91 Å². The summed E-state index contributed by atoms with van der Waals surface area (Å²) in [6, 6.07) is 12.5. The molecule has 0 bridgehead atoms. The van der Waals surface area contributed by atoms with Crippen molar-refractivity contribution >= 4 is 28.9 Å². The maximum absolute atomic E-state index is 12.3. The lowest BCUT2D eigenvalue weighted by molar-refractivity contribution is -0.153. The third-order valence-corrected chi connectivity index (χ3v) is 4.81. The highest BCUT2D eigenvalue weighted by molar-refractivity contribution is 5.97. The summed E-state index contributed by atoms with van der Waals surface area (Å²) in [7, 11) is 0. The zero-order chi connectivity index (χ0) is 21.7. The summed E-state index contributed by atoms with van der Waals surface area (Å²) in [5, 5.41) is 5.59. The molecule has 0 saturated heterocycles. The molecule has 2 N–H and O–H groups in total. The Hall–Kier alpha value is -3.61. The van der Waals surface area contributed by atoms with Crippen molar-refractivity contribution in [2.24, 2.45) is 0 Å². The van der Waals surface area contributed by atoms with E-state index in [0.717, 1.165) is 22.1 Å². The lowest BCUT2D eigenvalue weighted by Crippen LogP contribution is -2.44. The minimum Gasteiger partial charge on any atom is -0.464 e. The number of urea groups is 1. The van der Waals surface area contributed by atoms with Crippen molar-refractivity contribution in [3.8, 4) is 0 Å². The predicted molar refractivity (Wildman–Crippen MR) is 112 cm³/mol. The monoisotopic (exact) mass is 408 g/mol. The summed E-state index contributed by atoms with van der Waals surface area (Å²) in [6.45, 7) is 5.67. The molecule has 1 atom stereocenters. The fraction of sp³-hybridized carbons (Fsp3) is 0.261. The van der Waals surface area contributed by atoms with Gasteiger partial charge in [-0.25, -0.2) is 4.79 Å². The fourth-order valence-electron chi connectivity index (χ4n) is 2.96. The van der Waals surface area contributed by atoms with Crippen molar-refractivity contribution in [2.45, 2.75) is 39.8 Å². The van der Waals surface area contributed by atoms with Crippen LogP contribution in [0.4, 0.5) is 4.79 Å². The molecule has 0 spiro atoms. The first-order valence-corrected chi connectivity index (χ1v) is 9.63. The smallest absolute Gasteiger partial charge is 0.321 e. The highest BCUT2D eigenvalue weighted by Crippen LogP contribution is 2.25. The van der Waals surface area contributed by atoms with Crippen molar-refractivity contribution in [3.05, 3.63) is 71.0 Å². The molecule has 7 nitrogen and oxygen atoms in total. The number of nitrogens with one attached hydrogen (secondary N) is 2. The molecule has 3 rings (SSSR count). The van der Waals surface area contributed by atoms with Gasteiger partial charge in [-0.15, -0.1) is 0 Å². The number of esters is 1. The Morgan fingerprint density at radius 2 is 1.77 bits per heavy atom. The number of aryl methyl sites for hydroxylation is 2. The minimum absolute atomic E-state index is 0.0344. The normalized spacial score (nSPS) is 11.7. The average Bonchev–Trinajstić information content (AvgIpc) is 3.08. The molecule has 0 fully saturated rings. The number of hydrogen-bond acceptors (Lipinski definition) is 5. The van der Waals surface area contributed by atoms with E-state index < -0.39 is 24.0 Å². The predicted octanol–water partition coefficient (Wildman–Crippen LogP) is 3.55. The van der Waals surface area contributed by atoms with Crippen LogP contribution in [0.2, 0.25) is 0 Å². The second-order valence-electron chi connectivity index (χ2n) is 7.16. The van der Waals surface area contributed by atoms with E-state index in [4.69, 9.17) is 9.15 Å². The molecule has 0 radical (unpaired) electrons. The van der Waals surface area contributed by atoms with E-state index >= 15 is 0 Å². The molecule has 3 aromatic rings. The van der Waals surface area contributed by atoms with Crippen molar-refractivity contribution in [1.82, 2.24) is 10.6 Å². The van der Waals surface area contributed by atoms with Gasteiger partial charge in [-0.2, -0.15) is 0 Å². The molecular formula is C23H24N2O5. The Labute approximate surface area is 174 Å². The lowest BCUT2D eigenvalue weighted by Gasteiger charge is -2.13. The van der Waals surface area contributed by atoms with Crippen LogP contribution >= 0.6 is 0 Å². The van der Waals surface area contributed by atoms with Crippen LogP contribution in [0.1, 0.15) is 29.2 Å². The van der Waals surface area contributed by atoms with E-state index in [-0.39, 0.29) is 13.0 Å². The number of carbonyl (C=O) groups excluding carboxylic acids is 3. The van der Waals surface area contributed by atoms with Gasteiger partial charge in [0.15, 0.2) is 6.10 Å². The number of imide groups is 1. The number of fused-ring (bicyclic) bond motifs is 1. The van der Waals surface area contributed by atoms with Gasteiger partial charge in [-0.1, -0.05) is 30.3 Å². The molecule has 7 heteroatoms. The first-order valence-electron chi connectivity index (χ1n) is 9.63. The average molecular weight is 408 g/mol. The number of carbonyl (C=O) groups is 3. The Balaban J connectivity index is 1.50. The van der Waals surface area contributed by atoms with E-state index in [2.05, 4.69) is 10.6 Å². The minimum atomic E-state index is -1.11. The molecule has 0 aliphatic rings. The summed E-state index contributed by atoms with van der Waals surface area (Å²) in [6.07, 6.45) is 0.377. The van der Waals surface area contributed by atoms with Crippen molar-refractivity contribution in [2.75, 3.05) is 0 Å². The van der Waals surface area contributed by atoms with Crippen LogP contribution in [-0.4, -0.2) is 24.0 Å². The van der Waals surface area contributed by atoms with Crippen LogP contribution in [0, 0.1) is 13.8 Å².